The van der Waals surface area contributed by atoms with Crippen LogP contribution in [0.25, 0.3) is 0 Å². The minimum atomic E-state index is -0.888. The van der Waals surface area contributed by atoms with Crippen LogP contribution in [0.2, 0.25) is 0 Å². The highest BCUT2D eigenvalue weighted by Gasteiger charge is 2.22. The third-order valence-electron chi connectivity index (χ3n) is 3.36. The number of hydrogen-bond donors (Lipinski definition) is 2. The van der Waals surface area contributed by atoms with E-state index in [4.69, 9.17) is 5.11 Å². The summed E-state index contributed by atoms with van der Waals surface area (Å²) < 4.78 is 0. The van der Waals surface area contributed by atoms with E-state index >= 15 is 0 Å². The number of amides is 1. The van der Waals surface area contributed by atoms with Crippen molar-refractivity contribution in [3.05, 3.63) is 21.4 Å². The number of nitrogens with one attached hydrogen (secondary N) is 1. The summed E-state index contributed by atoms with van der Waals surface area (Å²) in [6.45, 7) is 7.41. The lowest BCUT2D eigenvalue weighted by atomic mass is 9.97. The van der Waals surface area contributed by atoms with Crippen LogP contribution in [0.15, 0.2) is 6.07 Å². The van der Waals surface area contributed by atoms with Crippen molar-refractivity contribution < 1.29 is 19.5 Å². The molecule has 22 heavy (non-hydrogen) atoms. The minimum Gasteiger partial charge on any atom is -0.481 e. The van der Waals surface area contributed by atoms with E-state index in [1.807, 2.05) is 19.9 Å². The second-order valence-corrected chi connectivity index (χ2v) is 7.54. The minimum absolute atomic E-state index is 0.000411. The number of ketones is 1. The van der Waals surface area contributed by atoms with Crippen molar-refractivity contribution in [2.45, 2.75) is 58.9 Å². The highest BCUT2D eigenvalue weighted by molar-refractivity contribution is 7.12. The van der Waals surface area contributed by atoms with E-state index < -0.39 is 11.5 Å². The molecule has 2 N–H and O–H groups in total. The lowest BCUT2D eigenvalue weighted by molar-refractivity contribution is -0.137. The van der Waals surface area contributed by atoms with Crippen LogP contribution in [-0.4, -0.2) is 28.3 Å². The van der Waals surface area contributed by atoms with Gasteiger partial charge in [-0.05, 0) is 40.2 Å². The van der Waals surface area contributed by atoms with Crippen LogP contribution >= 0.6 is 11.3 Å². The van der Waals surface area contributed by atoms with E-state index in [2.05, 4.69) is 5.32 Å². The number of Topliss-reactive ketones (excluding diaryl/α,β-unsaturated/α-hetero) is 1. The number of carbonyl (C=O) groups is 3. The van der Waals surface area contributed by atoms with E-state index in [-0.39, 0.29) is 31.0 Å². The number of hydrogen-bond acceptors (Lipinski definition) is 4. The number of carboxylic acid groups (broad SMARTS) is 1. The van der Waals surface area contributed by atoms with Crippen molar-refractivity contribution in [1.82, 2.24) is 5.32 Å². The highest BCUT2D eigenvalue weighted by atomic mass is 32.1. The van der Waals surface area contributed by atoms with E-state index in [0.29, 0.717) is 12.0 Å². The molecule has 0 bridgehead atoms. The van der Waals surface area contributed by atoms with Crippen LogP contribution in [-0.2, 0) is 9.59 Å². The molecular weight excluding hydrogens is 302 g/mol. The number of aliphatic carboxylic acids is 1. The molecule has 0 aliphatic rings. The monoisotopic (exact) mass is 325 g/mol. The van der Waals surface area contributed by atoms with Crippen LogP contribution < -0.4 is 5.32 Å². The molecule has 0 atom stereocenters. The molecule has 0 spiro atoms. The molecule has 6 heteroatoms. The smallest absolute Gasteiger partial charge is 0.303 e. The van der Waals surface area contributed by atoms with E-state index in [1.165, 1.54) is 0 Å². The molecule has 0 saturated heterocycles. The second kappa shape index (κ2) is 7.54. The molecule has 0 unspecified atom stereocenters. The first-order chi connectivity index (χ1) is 10.1. The van der Waals surface area contributed by atoms with Crippen molar-refractivity contribution in [3.8, 4) is 0 Å². The summed E-state index contributed by atoms with van der Waals surface area (Å²) in [4.78, 5) is 36.7. The Hall–Kier alpha value is -1.69. The van der Waals surface area contributed by atoms with E-state index in [1.54, 1.807) is 25.2 Å². The number of aryl methyl sites for hydroxylation is 2. The quantitative estimate of drug-likeness (QED) is 0.719. The van der Waals surface area contributed by atoms with Gasteiger partial charge >= 0.3 is 5.97 Å². The van der Waals surface area contributed by atoms with Crippen molar-refractivity contribution in [1.29, 1.82) is 0 Å². The van der Waals surface area contributed by atoms with Gasteiger partial charge in [-0.15, -0.1) is 11.3 Å². The van der Waals surface area contributed by atoms with Crippen LogP contribution in [0.3, 0.4) is 0 Å². The third kappa shape index (κ3) is 5.97. The third-order valence-corrected chi connectivity index (χ3v) is 4.33. The van der Waals surface area contributed by atoms with Crippen LogP contribution in [0.5, 0.6) is 0 Å². The van der Waals surface area contributed by atoms with E-state index in [0.717, 1.165) is 9.75 Å². The Kier molecular flexibility index (Phi) is 6.29. The van der Waals surface area contributed by atoms with Crippen molar-refractivity contribution in [2.24, 2.45) is 0 Å². The van der Waals surface area contributed by atoms with Gasteiger partial charge in [0.05, 0.1) is 0 Å². The maximum atomic E-state index is 12.1. The lowest BCUT2D eigenvalue weighted by Gasteiger charge is -2.25. The summed E-state index contributed by atoms with van der Waals surface area (Å²) >= 11 is 1.57. The van der Waals surface area contributed by atoms with Gasteiger partial charge in [-0.2, -0.15) is 0 Å². The molecule has 5 nitrogen and oxygen atoms in total. The molecule has 1 amide bonds. The van der Waals surface area contributed by atoms with Gasteiger partial charge in [-0.25, -0.2) is 0 Å². The van der Waals surface area contributed by atoms with Gasteiger partial charge in [0, 0.05) is 40.1 Å². The highest BCUT2D eigenvalue weighted by Crippen LogP contribution is 2.22. The standard InChI is InChI=1S/C16H23NO4S/c1-10-9-12(11(2)22-10)13(18)5-6-14(19)17-16(3,4)8-7-15(20)21/h9H,5-8H2,1-4H3,(H,17,19)(H,20,21). The molecule has 0 aromatic carbocycles. The molecule has 0 fully saturated rings. The zero-order valence-electron chi connectivity index (χ0n) is 13.5. The zero-order valence-corrected chi connectivity index (χ0v) is 14.3. The summed E-state index contributed by atoms with van der Waals surface area (Å²) in [5, 5.41) is 11.5. The van der Waals surface area contributed by atoms with Gasteiger partial charge in [-0.3, -0.25) is 14.4 Å². The maximum absolute atomic E-state index is 12.1. The molecule has 0 radical (unpaired) electrons. The fourth-order valence-electron chi connectivity index (χ4n) is 2.19. The summed E-state index contributed by atoms with van der Waals surface area (Å²) in [5.41, 5.74) is 0.105. The van der Waals surface area contributed by atoms with Crippen molar-refractivity contribution in [2.75, 3.05) is 0 Å². The van der Waals surface area contributed by atoms with Gasteiger partial charge in [0.1, 0.15) is 0 Å². The molecule has 1 aromatic rings. The Bertz CT molecular complexity index is 575. The van der Waals surface area contributed by atoms with Crippen LogP contribution in [0, 0.1) is 13.8 Å². The second-order valence-electron chi connectivity index (χ2n) is 6.08. The SMILES string of the molecule is Cc1cc(C(=O)CCC(=O)NC(C)(C)CCC(=O)O)c(C)s1. The maximum Gasteiger partial charge on any atom is 0.303 e. The Balaban J connectivity index is 2.47. The fourth-order valence-corrected chi connectivity index (χ4v) is 3.13. The molecule has 1 heterocycles. The van der Waals surface area contributed by atoms with Gasteiger partial charge in [0.2, 0.25) is 5.91 Å². The van der Waals surface area contributed by atoms with Crippen molar-refractivity contribution >= 4 is 29.0 Å². The molecule has 122 valence electrons. The zero-order chi connectivity index (χ0) is 16.9. The van der Waals surface area contributed by atoms with E-state index in [9.17, 15) is 14.4 Å². The Labute approximate surface area is 134 Å². The lowest BCUT2D eigenvalue weighted by Crippen LogP contribution is -2.43. The summed E-state index contributed by atoms with van der Waals surface area (Å²) in [5.74, 6) is -1.14. The first kappa shape index (κ1) is 18.4. The van der Waals surface area contributed by atoms with Crippen LogP contribution in [0.4, 0.5) is 0 Å². The predicted octanol–water partition coefficient (Wildman–Crippen LogP) is 3.09. The number of rotatable bonds is 8. The molecule has 0 saturated carbocycles. The first-order valence-electron chi connectivity index (χ1n) is 7.24. The topological polar surface area (TPSA) is 83.5 Å². The molecule has 0 aliphatic carbocycles. The fraction of sp³-hybridized carbons (Fsp3) is 0.562. The van der Waals surface area contributed by atoms with Gasteiger partial charge < -0.3 is 10.4 Å². The van der Waals surface area contributed by atoms with Gasteiger partial charge in [0.15, 0.2) is 5.78 Å². The largest absolute Gasteiger partial charge is 0.481 e. The summed E-state index contributed by atoms with van der Waals surface area (Å²) in [6.07, 6.45) is 0.631. The predicted molar refractivity (Wildman–Crippen MR) is 86.4 cm³/mol. The Morgan fingerprint density at radius 3 is 2.32 bits per heavy atom. The number of thiophene rings is 1. The molecule has 1 rings (SSSR count). The Morgan fingerprint density at radius 1 is 1.18 bits per heavy atom. The summed E-state index contributed by atoms with van der Waals surface area (Å²) in [7, 11) is 0. The molecule has 1 aromatic heterocycles. The number of carbonyl (C=O) groups excluding carboxylic acids is 2. The molecule has 0 aliphatic heterocycles. The van der Waals surface area contributed by atoms with Crippen LogP contribution in [0.1, 0.15) is 59.6 Å². The average molecular weight is 325 g/mol. The normalized spacial score (nSPS) is 11.3. The van der Waals surface area contributed by atoms with Gasteiger partial charge in [-0.1, -0.05) is 0 Å². The molecular formula is C16H23NO4S. The number of carboxylic acids is 1. The Morgan fingerprint density at radius 2 is 1.82 bits per heavy atom. The van der Waals surface area contributed by atoms with Gasteiger partial charge in [0.25, 0.3) is 0 Å². The average Bonchev–Trinajstić information content (AvgIpc) is 2.72. The first-order valence-corrected chi connectivity index (χ1v) is 8.05. The van der Waals surface area contributed by atoms with Crippen molar-refractivity contribution in [3.63, 3.8) is 0 Å². The summed E-state index contributed by atoms with van der Waals surface area (Å²) in [6, 6.07) is 1.86.